The summed E-state index contributed by atoms with van der Waals surface area (Å²) in [6.45, 7) is 12.8. The Kier molecular flexibility index (Phi) is 7.22. The van der Waals surface area contributed by atoms with Gasteiger partial charge in [0.05, 0.1) is 29.0 Å². The molecule has 0 saturated carbocycles. The van der Waals surface area contributed by atoms with Crippen LogP contribution < -0.4 is 0 Å². The summed E-state index contributed by atoms with van der Waals surface area (Å²) in [6.07, 6.45) is 0. The van der Waals surface area contributed by atoms with Crippen LogP contribution in [0.2, 0.25) is 0 Å². The minimum absolute atomic E-state index is 0.103. The third-order valence-electron chi connectivity index (χ3n) is 11.2. The summed E-state index contributed by atoms with van der Waals surface area (Å²) in [7, 11) is 0. The fraction of sp³-hybridized carbons (Fsp3) is 0.0588. The van der Waals surface area contributed by atoms with Crippen LogP contribution in [0.4, 0.5) is 5.69 Å². The van der Waals surface area contributed by atoms with Gasteiger partial charge in [0, 0.05) is 33.0 Å². The molecule has 54 heavy (non-hydrogen) atoms. The summed E-state index contributed by atoms with van der Waals surface area (Å²) in [5.41, 5.74) is 17.1. The molecular weight excluding hydrogens is 655 g/mol. The lowest BCUT2D eigenvalue weighted by Gasteiger charge is -2.21. The summed E-state index contributed by atoms with van der Waals surface area (Å²) >= 11 is 0. The topological polar surface area (TPSA) is 22.2 Å². The second-order valence-electron chi connectivity index (χ2n) is 14.7. The highest BCUT2D eigenvalue weighted by atomic mass is 15.0. The molecule has 2 aromatic heterocycles. The van der Waals surface area contributed by atoms with Crippen LogP contribution in [0, 0.1) is 6.57 Å². The van der Waals surface area contributed by atoms with Crippen LogP contribution in [0.1, 0.15) is 25.0 Å². The zero-order chi connectivity index (χ0) is 36.4. The lowest BCUT2D eigenvalue weighted by molar-refractivity contribution is 0.661. The molecule has 0 amide bonds. The van der Waals surface area contributed by atoms with Gasteiger partial charge in [-0.15, -0.1) is 0 Å². The molecule has 0 unspecified atom stereocenters. The Morgan fingerprint density at radius 3 is 1.78 bits per heavy atom. The van der Waals surface area contributed by atoms with Crippen LogP contribution in [-0.2, 0) is 5.41 Å². The first-order valence-corrected chi connectivity index (χ1v) is 18.4. The molecule has 3 heteroatoms. The van der Waals surface area contributed by atoms with Crippen molar-refractivity contribution in [3.63, 3.8) is 0 Å². The molecule has 2 heterocycles. The van der Waals surface area contributed by atoms with Crippen LogP contribution in [-0.4, -0.2) is 9.55 Å². The molecule has 0 bridgehead atoms. The molecule has 0 spiro atoms. The van der Waals surface area contributed by atoms with Gasteiger partial charge >= 0.3 is 0 Å². The largest absolute Gasteiger partial charge is 0.309 e. The first-order valence-electron chi connectivity index (χ1n) is 18.4. The van der Waals surface area contributed by atoms with Gasteiger partial charge in [-0.25, -0.2) is 9.83 Å². The van der Waals surface area contributed by atoms with Gasteiger partial charge in [0.2, 0.25) is 0 Å². The number of hydrogen-bond donors (Lipinski definition) is 0. The lowest BCUT2D eigenvalue weighted by Crippen LogP contribution is -2.14. The number of hydrogen-bond acceptors (Lipinski definition) is 1. The van der Waals surface area contributed by atoms with Gasteiger partial charge in [-0.3, -0.25) is 0 Å². The highest BCUT2D eigenvalue weighted by Gasteiger charge is 2.36. The average molecular weight is 690 g/mol. The van der Waals surface area contributed by atoms with Crippen molar-refractivity contribution in [2.75, 3.05) is 0 Å². The first-order chi connectivity index (χ1) is 26.5. The first kappa shape index (κ1) is 31.7. The molecule has 1 aliphatic rings. The Hall–Kier alpha value is -7.02. The Morgan fingerprint density at radius 1 is 0.463 bits per heavy atom. The van der Waals surface area contributed by atoms with Crippen molar-refractivity contribution in [1.29, 1.82) is 0 Å². The van der Waals surface area contributed by atoms with Crippen molar-refractivity contribution >= 4 is 27.5 Å². The van der Waals surface area contributed by atoms with E-state index in [9.17, 15) is 0 Å². The quantitative estimate of drug-likeness (QED) is 0.165. The van der Waals surface area contributed by atoms with E-state index in [0.717, 1.165) is 61.5 Å². The normalized spacial score (nSPS) is 12.8. The number of pyridine rings is 1. The number of aromatic nitrogens is 2. The van der Waals surface area contributed by atoms with Gasteiger partial charge in [0.1, 0.15) is 0 Å². The molecule has 0 saturated heterocycles. The molecule has 10 rings (SSSR count). The third kappa shape index (κ3) is 4.99. The van der Waals surface area contributed by atoms with E-state index in [1.54, 1.807) is 0 Å². The second kappa shape index (κ2) is 12.3. The zero-order valence-electron chi connectivity index (χ0n) is 30.1. The van der Waals surface area contributed by atoms with Crippen molar-refractivity contribution < 1.29 is 0 Å². The average Bonchev–Trinajstić information content (AvgIpc) is 3.68. The fourth-order valence-electron chi connectivity index (χ4n) is 8.53. The van der Waals surface area contributed by atoms with Crippen molar-refractivity contribution in [1.82, 2.24) is 9.55 Å². The van der Waals surface area contributed by atoms with E-state index in [0.29, 0.717) is 5.69 Å². The van der Waals surface area contributed by atoms with Gasteiger partial charge in [0.25, 0.3) is 0 Å². The number of para-hydroxylation sites is 2. The Bertz CT molecular complexity index is 2900. The molecule has 254 valence electrons. The van der Waals surface area contributed by atoms with E-state index in [-0.39, 0.29) is 5.41 Å². The van der Waals surface area contributed by atoms with Crippen molar-refractivity contribution in [2.24, 2.45) is 0 Å². The van der Waals surface area contributed by atoms with Gasteiger partial charge in [-0.1, -0.05) is 141 Å². The summed E-state index contributed by atoms with van der Waals surface area (Å²) in [5, 5.41) is 2.46. The van der Waals surface area contributed by atoms with E-state index in [1.807, 2.05) is 30.3 Å². The van der Waals surface area contributed by atoms with Crippen LogP contribution in [0.15, 0.2) is 176 Å². The molecule has 7 aromatic carbocycles. The predicted molar refractivity (Wildman–Crippen MR) is 224 cm³/mol. The monoisotopic (exact) mass is 689 g/mol. The molecule has 0 aliphatic heterocycles. The highest BCUT2D eigenvalue weighted by molar-refractivity contribution is 6.11. The Morgan fingerprint density at radius 2 is 1.06 bits per heavy atom. The van der Waals surface area contributed by atoms with Crippen LogP contribution in [0.5, 0.6) is 0 Å². The number of nitrogens with zero attached hydrogens (tertiary/aromatic N) is 3. The predicted octanol–water partition coefficient (Wildman–Crippen LogP) is 13.7. The molecule has 0 fully saturated rings. The second-order valence-corrected chi connectivity index (χ2v) is 14.7. The SMILES string of the molecule is [C-]#[N+]c1ccccc1-c1cc(-c2cc(-c3ccccc3)nc(-c3ccccc3)c2)cc(-n2c3ccccc3c3cc4c(cc32)-c2ccccc2C4(C)C)c1. The highest BCUT2D eigenvalue weighted by Crippen LogP contribution is 2.51. The van der Waals surface area contributed by atoms with Crippen molar-refractivity contribution in [3.05, 3.63) is 198 Å². The third-order valence-corrected chi connectivity index (χ3v) is 11.2. The van der Waals surface area contributed by atoms with E-state index in [1.165, 1.54) is 33.0 Å². The molecule has 0 N–H and O–H groups in total. The smallest absolute Gasteiger partial charge is 0.194 e. The summed E-state index contributed by atoms with van der Waals surface area (Å²) in [4.78, 5) is 9.14. The fourth-order valence-corrected chi connectivity index (χ4v) is 8.53. The van der Waals surface area contributed by atoms with Gasteiger partial charge in [-0.2, -0.15) is 0 Å². The Balaban J connectivity index is 1.28. The molecule has 0 atom stereocenters. The maximum absolute atomic E-state index is 8.08. The van der Waals surface area contributed by atoms with E-state index >= 15 is 0 Å². The van der Waals surface area contributed by atoms with E-state index in [4.69, 9.17) is 11.6 Å². The molecular formula is C51H35N3. The minimum Gasteiger partial charge on any atom is -0.309 e. The number of benzene rings is 7. The lowest BCUT2D eigenvalue weighted by atomic mass is 9.82. The van der Waals surface area contributed by atoms with Gasteiger partial charge < -0.3 is 4.57 Å². The van der Waals surface area contributed by atoms with E-state index < -0.39 is 0 Å². The molecule has 9 aromatic rings. The van der Waals surface area contributed by atoms with Crippen LogP contribution in [0.3, 0.4) is 0 Å². The molecule has 3 nitrogen and oxygen atoms in total. The maximum Gasteiger partial charge on any atom is 0.194 e. The van der Waals surface area contributed by atoms with E-state index in [2.05, 4.69) is 169 Å². The molecule has 0 radical (unpaired) electrons. The van der Waals surface area contributed by atoms with Gasteiger partial charge in [-0.05, 0) is 93.0 Å². The molecule has 1 aliphatic carbocycles. The zero-order valence-corrected chi connectivity index (χ0v) is 30.1. The minimum atomic E-state index is -0.103. The number of rotatable bonds is 5. The maximum atomic E-state index is 8.08. The van der Waals surface area contributed by atoms with Gasteiger partial charge in [0.15, 0.2) is 5.69 Å². The standard InChI is InChI=1S/C51H35N3/c1-51(2)44-23-13-10-21-40(44)42-32-50-43(31-45(42)51)41-22-12-15-25-49(41)54(50)38-27-35(26-37(28-38)39-20-11-14-24-46(39)52-3)36-29-47(33-16-6-4-7-17-33)53-48(30-36)34-18-8-5-9-19-34/h4-32H,1-2H3. The number of fused-ring (bicyclic) bond motifs is 6. The van der Waals surface area contributed by atoms with Crippen molar-refractivity contribution in [2.45, 2.75) is 19.3 Å². The summed E-state index contributed by atoms with van der Waals surface area (Å²) < 4.78 is 2.42. The van der Waals surface area contributed by atoms with Crippen molar-refractivity contribution in [3.8, 4) is 61.6 Å². The van der Waals surface area contributed by atoms with Crippen LogP contribution in [0.25, 0.3) is 88.2 Å². The summed E-state index contributed by atoms with van der Waals surface area (Å²) in [6, 6.07) is 62.3. The summed E-state index contributed by atoms with van der Waals surface area (Å²) in [5.74, 6) is 0. The van der Waals surface area contributed by atoms with Crippen LogP contribution >= 0.6 is 0 Å². The Labute approximate surface area is 315 Å².